The van der Waals surface area contributed by atoms with Crippen LogP contribution in [0.25, 0.3) is 0 Å². The molecule has 0 amide bonds. The van der Waals surface area contributed by atoms with Crippen molar-refractivity contribution in [3.63, 3.8) is 0 Å². The van der Waals surface area contributed by atoms with Crippen LogP contribution >= 0.6 is 0 Å². The summed E-state index contributed by atoms with van der Waals surface area (Å²) >= 11 is 0. The Morgan fingerprint density at radius 1 is 1.14 bits per heavy atom. The smallest absolute Gasteiger partial charge is 0.389 e. The fourth-order valence-electron chi connectivity index (χ4n) is 0.863. The molecule has 0 fully saturated rings. The second-order valence-corrected chi connectivity index (χ2v) is 2.74. The summed E-state index contributed by atoms with van der Waals surface area (Å²) in [5, 5.41) is 7.01. The van der Waals surface area contributed by atoms with Gasteiger partial charge >= 0.3 is 6.18 Å². The van der Waals surface area contributed by atoms with Gasteiger partial charge in [0.2, 0.25) is 11.8 Å². The lowest BCUT2D eigenvalue weighted by molar-refractivity contribution is -0.134. The third-order valence-corrected chi connectivity index (χ3v) is 1.49. The van der Waals surface area contributed by atoms with E-state index in [9.17, 15) is 13.2 Å². The van der Waals surface area contributed by atoms with Gasteiger partial charge in [-0.3, -0.25) is 0 Å². The highest BCUT2D eigenvalue weighted by Gasteiger charge is 2.27. The first-order valence-electron chi connectivity index (χ1n) is 4.09. The van der Waals surface area contributed by atoms with Crippen LogP contribution in [0.4, 0.5) is 13.2 Å². The van der Waals surface area contributed by atoms with Crippen LogP contribution < -0.4 is 5.73 Å². The highest BCUT2D eigenvalue weighted by molar-refractivity contribution is 4.83. The predicted molar refractivity (Wildman–Crippen MR) is 41.4 cm³/mol. The minimum absolute atomic E-state index is 0.00535. The highest BCUT2D eigenvalue weighted by Crippen LogP contribution is 2.21. The van der Waals surface area contributed by atoms with Gasteiger partial charge in [0, 0.05) is 19.4 Å². The fourth-order valence-corrected chi connectivity index (χ4v) is 0.863. The van der Waals surface area contributed by atoms with Gasteiger partial charge in [-0.2, -0.15) is 13.2 Å². The van der Waals surface area contributed by atoms with Crippen molar-refractivity contribution in [3.05, 3.63) is 11.8 Å². The van der Waals surface area contributed by atoms with E-state index in [4.69, 9.17) is 10.2 Å². The van der Waals surface area contributed by atoms with E-state index in [1.807, 2.05) is 0 Å². The summed E-state index contributed by atoms with van der Waals surface area (Å²) in [5.74, 6) is 0.287. The number of alkyl halides is 3. The first-order valence-corrected chi connectivity index (χ1v) is 4.09. The minimum Gasteiger partial charge on any atom is -0.425 e. The summed E-state index contributed by atoms with van der Waals surface area (Å²) in [6.45, 7) is 0.334. The molecular weight excluding hydrogens is 199 g/mol. The van der Waals surface area contributed by atoms with E-state index in [1.54, 1.807) is 0 Å². The summed E-state index contributed by atoms with van der Waals surface area (Å²) in [7, 11) is 0. The Balaban J connectivity index is 2.44. The van der Waals surface area contributed by atoms with Crippen molar-refractivity contribution in [2.24, 2.45) is 5.73 Å². The van der Waals surface area contributed by atoms with E-state index < -0.39 is 12.6 Å². The van der Waals surface area contributed by atoms with Gasteiger partial charge in [-0.1, -0.05) is 0 Å². The van der Waals surface area contributed by atoms with Gasteiger partial charge in [0.1, 0.15) is 0 Å². The molecule has 4 nitrogen and oxygen atoms in total. The lowest BCUT2D eigenvalue weighted by Crippen LogP contribution is -2.08. The zero-order valence-electron chi connectivity index (χ0n) is 7.34. The molecule has 0 atom stereocenters. The number of aryl methyl sites for hydroxylation is 1. The van der Waals surface area contributed by atoms with E-state index in [0.717, 1.165) is 0 Å². The Morgan fingerprint density at radius 3 is 2.21 bits per heavy atom. The SMILES string of the molecule is NCCc1nnc(CCC(F)(F)F)o1. The molecule has 0 saturated carbocycles. The van der Waals surface area contributed by atoms with Crippen molar-refractivity contribution in [2.75, 3.05) is 6.54 Å². The predicted octanol–water partition coefficient (Wildman–Crippen LogP) is 1.07. The van der Waals surface area contributed by atoms with E-state index >= 15 is 0 Å². The molecule has 0 bridgehead atoms. The molecule has 0 aliphatic heterocycles. The molecule has 0 aliphatic carbocycles. The number of hydrogen-bond donors (Lipinski definition) is 1. The van der Waals surface area contributed by atoms with Crippen LogP contribution in [0.1, 0.15) is 18.2 Å². The molecule has 0 saturated heterocycles. The molecular formula is C7H10F3N3O. The zero-order chi connectivity index (χ0) is 10.6. The first-order chi connectivity index (χ1) is 6.51. The van der Waals surface area contributed by atoms with Gasteiger partial charge in [0.25, 0.3) is 0 Å². The summed E-state index contributed by atoms with van der Waals surface area (Å²) in [6, 6.07) is 0. The molecule has 0 aliphatic rings. The Bertz CT molecular complexity index is 284. The van der Waals surface area contributed by atoms with Gasteiger partial charge in [-0.15, -0.1) is 10.2 Å². The summed E-state index contributed by atoms with van der Waals surface area (Å²) < 4.78 is 40.3. The van der Waals surface area contributed by atoms with Gasteiger partial charge < -0.3 is 10.2 Å². The molecule has 80 valence electrons. The van der Waals surface area contributed by atoms with Crippen LogP contribution in [-0.2, 0) is 12.8 Å². The standard InChI is InChI=1S/C7H10F3N3O/c8-7(9,10)3-1-5-12-13-6(14-5)2-4-11/h1-4,11H2. The molecule has 2 N–H and O–H groups in total. The van der Waals surface area contributed by atoms with Crippen LogP contribution in [0.5, 0.6) is 0 Å². The quantitative estimate of drug-likeness (QED) is 0.805. The normalized spacial score (nSPS) is 12.0. The summed E-state index contributed by atoms with van der Waals surface area (Å²) in [5.41, 5.74) is 5.21. The molecule has 0 unspecified atom stereocenters. The van der Waals surface area contributed by atoms with Crippen LogP contribution in [0, 0.1) is 0 Å². The maximum Gasteiger partial charge on any atom is 0.389 e. The Hall–Kier alpha value is -1.11. The van der Waals surface area contributed by atoms with Crippen molar-refractivity contribution in [2.45, 2.75) is 25.4 Å². The van der Waals surface area contributed by atoms with Gasteiger partial charge in [0.15, 0.2) is 0 Å². The number of rotatable bonds is 4. The second-order valence-electron chi connectivity index (χ2n) is 2.74. The lowest BCUT2D eigenvalue weighted by Gasteiger charge is -2.01. The number of halogens is 3. The van der Waals surface area contributed by atoms with Crippen molar-refractivity contribution in [1.82, 2.24) is 10.2 Å². The van der Waals surface area contributed by atoms with Crippen LogP contribution in [0.3, 0.4) is 0 Å². The molecule has 1 rings (SSSR count). The van der Waals surface area contributed by atoms with E-state index in [0.29, 0.717) is 13.0 Å². The van der Waals surface area contributed by atoms with Crippen molar-refractivity contribution in [3.8, 4) is 0 Å². The molecule has 0 spiro atoms. The van der Waals surface area contributed by atoms with Crippen LogP contribution in [0.15, 0.2) is 4.42 Å². The molecule has 1 aromatic heterocycles. The maximum absolute atomic E-state index is 11.8. The van der Waals surface area contributed by atoms with E-state index in [2.05, 4.69) is 10.2 Å². The maximum atomic E-state index is 11.8. The molecule has 1 heterocycles. The number of aromatic nitrogens is 2. The van der Waals surface area contributed by atoms with Crippen LogP contribution in [0.2, 0.25) is 0 Å². The third kappa shape index (κ3) is 3.73. The molecule has 14 heavy (non-hydrogen) atoms. The van der Waals surface area contributed by atoms with Gasteiger partial charge in [-0.05, 0) is 0 Å². The fraction of sp³-hybridized carbons (Fsp3) is 0.714. The third-order valence-electron chi connectivity index (χ3n) is 1.49. The first kappa shape index (κ1) is 11.0. The van der Waals surface area contributed by atoms with Gasteiger partial charge in [-0.25, -0.2) is 0 Å². The lowest BCUT2D eigenvalue weighted by atomic mass is 10.3. The minimum atomic E-state index is -4.19. The molecule has 7 heteroatoms. The number of nitrogens with zero attached hydrogens (tertiary/aromatic N) is 2. The van der Waals surface area contributed by atoms with Crippen LogP contribution in [-0.4, -0.2) is 22.9 Å². The topological polar surface area (TPSA) is 64.9 Å². The van der Waals surface area contributed by atoms with Crippen molar-refractivity contribution in [1.29, 1.82) is 0 Å². The largest absolute Gasteiger partial charge is 0.425 e. The molecule has 1 aromatic rings. The average molecular weight is 209 g/mol. The van der Waals surface area contributed by atoms with Crippen molar-refractivity contribution < 1.29 is 17.6 Å². The Kier molecular flexibility index (Phi) is 3.45. The van der Waals surface area contributed by atoms with Gasteiger partial charge in [0.05, 0.1) is 6.42 Å². The van der Waals surface area contributed by atoms with E-state index in [-0.39, 0.29) is 18.2 Å². The van der Waals surface area contributed by atoms with E-state index in [1.165, 1.54) is 0 Å². The number of hydrogen-bond acceptors (Lipinski definition) is 4. The Labute approximate surface area is 78.3 Å². The number of nitrogens with two attached hydrogens (primary N) is 1. The Morgan fingerprint density at radius 2 is 1.71 bits per heavy atom. The van der Waals surface area contributed by atoms with Crippen molar-refractivity contribution >= 4 is 0 Å². The summed E-state index contributed by atoms with van der Waals surface area (Å²) in [4.78, 5) is 0. The summed E-state index contributed by atoms with van der Waals surface area (Å²) in [6.07, 6.45) is -5.03. The zero-order valence-corrected chi connectivity index (χ0v) is 7.34. The second kappa shape index (κ2) is 4.41. The average Bonchev–Trinajstić information content (AvgIpc) is 2.49. The monoisotopic (exact) mass is 209 g/mol. The molecule has 0 aromatic carbocycles. The highest BCUT2D eigenvalue weighted by atomic mass is 19.4. The molecule has 0 radical (unpaired) electrons.